The summed E-state index contributed by atoms with van der Waals surface area (Å²) in [5.74, 6) is 0.234. The van der Waals surface area contributed by atoms with E-state index in [1.165, 1.54) is 0 Å². The van der Waals surface area contributed by atoms with Gasteiger partial charge in [0.15, 0.2) is 0 Å². The average molecular weight is 353 g/mol. The molecule has 126 valence electrons. The maximum Gasteiger partial charge on any atom is 0.142 e. The molecule has 1 aliphatic rings. The van der Waals surface area contributed by atoms with E-state index in [4.69, 9.17) is 23.1 Å². The van der Waals surface area contributed by atoms with Gasteiger partial charge in [-0.1, -0.05) is 17.7 Å². The number of hydrogen-bond donors (Lipinski definition) is 2. The molecule has 0 saturated carbocycles. The Kier molecular flexibility index (Phi) is 3.64. The van der Waals surface area contributed by atoms with Crippen LogP contribution in [-0.2, 0) is 19.9 Å². The topological polar surface area (TPSA) is 107 Å². The molecular formula is C18H17ClN6. The first kappa shape index (κ1) is 15.9. The first-order valence-corrected chi connectivity index (χ1v) is 8.47. The minimum absolute atomic E-state index is 0.0358. The molecular weight excluding hydrogens is 336 g/mol. The highest BCUT2D eigenvalue weighted by atomic mass is 35.5. The van der Waals surface area contributed by atoms with Crippen molar-refractivity contribution in [1.29, 1.82) is 5.26 Å². The summed E-state index contributed by atoms with van der Waals surface area (Å²) in [6.45, 7) is 0. The molecule has 4 rings (SSSR count). The molecule has 25 heavy (non-hydrogen) atoms. The van der Waals surface area contributed by atoms with E-state index in [0.29, 0.717) is 22.7 Å². The van der Waals surface area contributed by atoms with Gasteiger partial charge in [0.05, 0.1) is 10.5 Å². The molecule has 2 heterocycles. The maximum atomic E-state index is 9.71. The maximum absolute atomic E-state index is 9.71. The molecule has 0 amide bonds. The van der Waals surface area contributed by atoms with Crippen molar-refractivity contribution in [3.8, 4) is 17.3 Å². The van der Waals surface area contributed by atoms with Crippen LogP contribution in [0, 0.1) is 11.3 Å². The van der Waals surface area contributed by atoms with Crippen LogP contribution in [0.4, 0.5) is 5.82 Å². The second kappa shape index (κ2) is 5.73. The predicted octanol–water partition coefficient (Wildman–Crippen LogP) is 2.56. The molecule has 6 nitrogen and oxygen atoms in total. The average Bonchev–Trinajstić information content (AvgIpc) is 2.92. The van der Waals surface area contributed by atoms with Gasteiger partial charge in [0.1, 0.15) is 23.1 Å². The Balaban J connectivity index is 2.14. The van der Waals surface area contributed by atoms with E-state index in [1.807, 2.05) is 25.2 Å². The summed E-state index contributed by atoms with van der Waals surface area (Å²) >= 11 is 6.46. The zero-order chi connectivity index (χ0) is 17.7. The summed E-state index contributed by atoms with van der Waals surface area (Å²) in [4.78, 5) is 4.45. The van der Waals surface area contributed by atoms with E-state index < -0.39 is 0 Å². The molecule has 2 aromatic heterocycles. The fourth-order valence-corrected chi connectivity index (χ4v) is 3.88. The van der Waals surface area contributed by atoms with Crippen LogP contribution >= 0.6 is 11.6 Å². The summed E-state index contributed by atoms with van der Waals surface area (Å²) in [7, 11) is 1.86. The number of benzene rings is 1. The van der Waals surface area contributed by atoms with Crippen LogP contribution in [0.3, 0.4) is 0 Å². The Morgan fingerprint density at radius 3 is 2.96 bits per heavy atom. The minimum atomic E-state index is 0.0358. The summed E-state index contributed by atoms with van der Waals surface area (Å²) in [6, 6.07) is 7.89. The molecule has 0 bridgehead atoms. The summed E-state index contributed by atoms with van der Waals surface area (Å²) < 4.78 is 1.77. The van der Waals surface area contributed by atoms with Crippen LogP contribution < -0.4 is 11.5 Å². The van der Waals surface area contributed by atoms with Crippen molar-refractivity contribution in [2.45, 2.75) is 25.3 Å². The number of nitrogens with zero attached hydrogens (tertiary/aromatic N) is 4. The quantitative estimate of drug-likeness (QED) is 0.700. The molecule has 0 unspecified atom stereocenters. The largest absolute Gasteiger partial charge is 0.383 e. The Morgan fingerprint density at radius 1 is 1.40 bits per heavy atom. The number of hydrogen-bond acceptors (Lipinski definition) is 5. The van der Waals surface area contributed by atoms with Crippen molar-refractivity contribution in [1.82, 2.24) is 14.8 Å². The SMILES string of the molecule is Cn1nc(-c2c(C#N)c(N)nc3c2C[C@H](N)CC3)c2c(Cl)cccc21. The van der Waals surface area contributed by atoms with E-state index in [9.17, 15) is 5.26 Å². The molecule has 1 atom stereocenters. The van der Waals surface area contributed by atoms with E-state index in [1.54, 1.807) is 4.68 Å². The normalized spacial score (nSPS) is 16.6. The molecule has 0 saturated heterocycles. The molecule has 3 aromatic rings. The number of aryl methyl sites for hydroxylation is 2. The lowest BCUT2D eigenvalue weighted by Gasteiger charge is -2.24. The summed E-state index contributed by atoms with van der Waals surface area (Å²) in [6.07, 6.45) is 2.25. The third-order valence-electron chi connectivity index (χ3n) is 4.81. The molecule has 0 radical (unpaired) electrons. The van der Waals surface area contributed by atoms with Crippen molar-refractivity contribution in [3.05, 3.63) is 40.0 Å². The van der Waals surface area contributed by atoms with Crippen LogP contribution in [0.2, 0.25) is 5.02 Å². The Labute approximate surface area is 150 Å². The van der Waals surface area contributed by atoms with E-state index in [-0.39, 0.29) is 11.9 Å². The van der Waals surface area contributed by atoms with Crippen molar-refractivity contribution in [2.24, 2.45) is 12.8 Å². The lowest BCUT2D eigenvalue weighted by atomic mass is 9.85. The Bertz CT molecular complexity index is 1050. The van der Waals surface area contributed by atoms with Gasteiger partial charge in [0.2, 0.25) is 0 Å². The van der Waals surface area contributed by atoms with Crippen LogP contribution in [0.1, 0.15) is 23.2 Å². The number of halogens is 1. The van der Waals surface area contributed by atoms with Crippen LogP contribution in [0.25, 0.3) is 22.2 Å². The van der Waals surface area contributed by atoms with E-state index in [2.05, 4.69) is 16.2 Å². The van der Waals surface area contributed by atoms with Gasteiger partial charge in [-0.05, 0) is 37.0 Å². The van der Waals surface area contributed by atoms with E-state index >= 15 is 0 Å². The smallest absolute Gasteiger partial charge is 0.142 e. The van der Waals surface area contributed by atoms with Gasteiger partial charge in [-0.25, -0.2) is 4.98 Å². The lowest BCUT2D eigenvalue weighted by molar-refractivity contribution is 0.568. The number of fused-ring (bicyclic) bond motifs is 2. The first-order chi connectivity index (χ1) is 12.0. The van der Waals surface area contributed by atoms with Crippen LogP contribution in [0.15, 0.2) is 18.2 Å². The fourth-order valence-electron chi connectivity index (χ4n) is 3.63. The summed E-state index contributed by atoms with van der Waals surface area (Å²) in [5, 5.41) is 15.8. The van der Waals surface area contributed by atoms with Gasteiger partial charge in [0, 0.05) is 29.7 Å². The second-order valence-electron chi connectivity index (χ2n) is 6.39. The van der Waals surface area contributed by atoms with Gasteiger partial charge >= 0.3 is 0 Å². The molecule has 1 aliphatic carbocycles. The fraction of sp³-hybridized carbons (Fsp3) is 0.278. The zero-order valence-corrected chi connectivity index (χ0v) is 14.5. The van der Waals surface area contributed by atoms with Crippen LogP contribution in [0.5, 0.6) is 0 Å². The van der Waals surface area contributed by atoms with Gasteiger partial charge in [-0.2, -0.15) is 10.4 Å². The van der Waals surface area contributed by atoms with Crippen molar-refractivity contribution in [2.75, 3.05) is 5.73 Å². The Hall–Kier alpha value is -2.62. The molecule has 1 aromatic carbocycles. The van der Waals surface area contributed by atoms with Crippen LogP contribution in [-0.4, -0.2) is 20.8 Å². The van der Waals surface area contributed by atoms with Gasteiger partial charge in [-0.15, -0.1) is 0 Å². The standard InChI is InChI=1S/C18H17ClN6/c1-25-14-4-2-3-12(19)16(14)17(24-25)15-10-7-9(21)5-6-13(10)23-18(22)11(15)8-20/h2-4,9H,5-7,21H2,1H3,(H2,22,23)/t9-/m1/s1. The number of aromatic nitrogens is 3. The van der Waals surface area contributed by atoms with Gasteiger partial charge in [0.25, 0.3) is 0 Å². The van der Waals surface area contributed by atoms with Crippen molar-refractivity contribution in [3.63, 3.8) is 0 Å². The highest BCUT2D eigenvalue weighted by Gasteiger charge is 2.28. The minimum Gasteiger partial charge on any atom is -0.383 e. The number of pyridine rings is 1. The number of nitriles is 1. The molecule has 7 heteroatoms. The number of rotatable bonds is 1. The predicted molar refractivity (Wildman–Crippen MR) is 98.1 cm³/mol. The second-order valence-corrected chi connectivity index (χ2v) is 6.80. The number of nitrogens with two attached hydrogens (primary N) is 2. The van der Waals surface area contributed by atoms with Crippen molar-refractivity contribution < 1.29 is 0 Å². The monoisotopic (exact) mass is 352 g/mol. The Morgan fingerprint density at radius 2 is 2.20 bits per heavy atom. The first-order valence-electron chi connectivity index (χ1n) is 8.09. The number of anilines is 1. The molecule has 0 aliphatic heterocycles. The van der Waals surface area contributed by atoms with Crippen molar-refractivity contribution >= 4 is 28.3 Å². The molecule has 0 fully saturated rings. The summed E-state index contributed by atoms with van der Waals surface area (Å²) in [5.41, 5.74) is 16.8. The third-order valence-corrected chi connectivity index (χ3v) is 5.12. The highest BCUT2D eigenvalue weighted by molar-refractivity contribution is 6.36. The van der Waals surface area contributed by atoms with E-state index in [0.717, 1.165) is 40.6 Å². The third kappa shape index (κ3) is 2.36. The zero-order valence-electron chi connectivity index (χ0n) is 13.8. The molecule has 4 N–H and O–H groups in total. The van der Waals surface area contributed by atoms with Gasteiger partial charge in [-0.3, -0.25) is 4.68 Å². The highest BCUT2D eigenvalue weighted by Crippen LogP contribution is 2.40. The number of nitrogen functional groups attached to an aromatic ring is 1. The molecule has 0 spiro atoms. The van der Waals surface area contributed by atoms with Gasteiger partial charge < -0.3 is 11.5 Å². The lowest BCUT2D eigenvalue weighted by Crippen LogP contribution is -2.29.